The molecule has 5 nitrogen and oxygen atoms in total. The molecule has 0 aromatic heterocycles. The molecule has 0 spiro atoms. The molecule has 0 bridgehead atoms. The SMILES string of the molecule is CC(C)OCCOC(C)C(=O)Nc1ccc(F)c(N)c1. The number of benzene rings is 1. The lowest BCUT2D eigenvalue weighted by atomic mass is 10.2. The molecule has 6 heteroatoms. The van der Waals surface area contributed by atoms with Crippen molar-refractivity contribution in [3.05, 3.63) is 24.0 Å². The number of amides is 1. The summed E-state index contributed by atoms with van der Waals surface area (Å²) < 4.78 is 23.6. The summed E-state index contributed by atoms with van der Waals surface area (Å²) in [5.41, 5.74) is 5.85. The minimum atomic E-state index is -0.628. The number of hydrogen-bond acceptors (Lipinski definition) is 4. The van der Waals surface area contributed by atoms with E-state index in [9.17, 15) is 9.18 Å². The topological polar surface area (TPSA) is 73.6 Å². The van der Waals surface area contributed by atoms with E-state index in [-0.39, 0.29) is 17.7 Å². The molecule has 1 aromatic rings. The third-order valence-electron chi connectivity index (χ3n) is 2.54. The third kappa shape index (κ3) is 5.54. The molecular weight excluding hydrogens is 263 g/mol. The fourth-order valence-corrected chi connectivity index (χ4v) is 1.45. The Morgan fingerprint density at radius 3 is 2.55 bits per heavy atom. The van der Waals surface area contributed by atoms with Gasteiger partial charge in [0.15, 0.2) is 0 Å². The van der Waals surface area contributed by atoms with E-state index >= 15 is 0 Å². The number of nitrogens with two attached hydrogens (primary N) is 1. The Morgan fingerprint density at radius 2 is 1.95 bits per heavy atom. The quantitative estimate of drug-likeness (QED) is 0.594. The Labute approximate surface area is 118 Å². The van der Waals surface area contributed by atoms with E-state index in [0.717, 1.165) is 0 Å². The second-order valence-corrected chi connectivity index (χ2v) is 4.66. The van der Waals surface area contributed by atoms with Crippen molar-refractivity contribution in [1.82, 2.24) is 0 Å². The van der Waals surface area contributed by atoms with Crippen LogP contribution in [0.4, 0.5) is 15.8 Å². The van der Waals surface area contributed by atoms with Gasteiger partial charge in [-0.1, -0.05) is 0 Å². The van der Waals surface area contributed by atoms with Gasteiger partial charge in [-0.2, -0.15) is 0 Å². The Hall–Kier alpha value is -1.66. The smallest absolute Gasteiger partial charge is 0.253 e. The first-order valence-electron chi connectivity index (χ1n) is 6.49. The number of ether oxygens (including phenoxy) is 2. The average Bonchev–Trinajstić information content (AvgIpc) is 2.38. The molecule has 0 aliphatic rings. The first-order valence-corrected chi connectivity index (χ1v) is 6.49. The normalized spacial score (nSPS) is 12.4. The Morgan fingerprint density at radius 1 is 1.30 bits per heavy atom. The van der Waals surface area contributed by atoms with E-state index in [0.29, 0.717) is 18.9 Å². The molecule has 1 atom stereocenters. The first-order chi connectivity index (χ1) is 9.40. The highest BCUT2D eigenvalue weighted by molar-refractivity contribution is 5.94. The van der Waals surface area contributed by atoms with Crippen LogP contribution in [0, 0.1) is 5.82 Å². The van der Waals surface area contributed by atoms with Crippen LogP contribution >= 0.6 is 0 Å². The van der Waals surface area contributed by atoms with Gasteiger partial charge in [0.1, 0.15) is 11.9 Å². The molecule has 1 unspecified atom stereocenters. The van der Waals surface area contributed by atoms with Crippen molar-refractivity contribution >= 4 is 17.3 Å². The number of rotatable bonds is 7. The summed E-state index contributed by atoms with van der Waals surface area (Å²) in [6.45, 7) is 6.25. The molecule has 0 aliphatic carbocycles. The number of nitrogens with one attached hydrogen (secondary N) is 1. The number of anilines is 2. The van der Waals surface area contributed by atoms with E-state index < -0.39 is 11.9 Å². The molecule has 1 aromatic carbocycles. The molecule has 0 fully saturated rings. The molecule has 0 radical (unpaired) electrons. The van der Waals surface area contributed by atoms with Gasteiger partial charge in [-0.25, -0.2) is 4.39 Å². The zero-order chi connectivity index (χ0) is 15.1. The standard InChI is InChI=1S/C14H21FN2O3/c1-9(2)19-6-7-20-10(3)14(18)17-11-4-5-12(15)13(16)8-11/h4-5,8-10H,6-7,16H2,1-3H3,(H,17,18). The molecule has 0 heterocycles. The maximum absolute atomic E-state index is 13.0. The van der Waals surface area contributed by atoms with Gasteiger partial charge in [0, 0.05) is 5.69 Å². The predicted molar refractivity (Wildman–Crippen MR) is 75.9 cm³/mol. The van der Waals surface area contributed by atoms with Gasteiger partial charge in [-0.05, 0) is 39.0 Å². The molecule has 20 heavy (non-hydrogen) atoms. The van der Waals surface area contributed by atoms with Crippen molar-refractivity contribution in [3.63, 3.8) is 0 Å². The monoisotopic (exact) mass is 284 g/mol. The fourth-order valence-electron chi connectivity index (χ4n) is 1.45. The minimum Gasteiger partial charge on any atom is -0.396 e. The fraction of sp³-hybridized carbons (Fsp3) is 0.500. The summed E-state index contributed by atoms with van der Waals surface area (Å²) in [5, 5.41) is 2.61. The zero-order valence-electron chi connectivity index (χ0n) is 12.0. The maximum atomic E-state index is 13.0. The lowest BCUT2D eigenvalue weighted by Crippen LogP contribution is -2.29. The Balaban J connectivity index is 2.39. The second kappa shape index (κ2) is 7.81. The number of nitrogen functional groups attached to an aromatic ring is 1. The number of hydrogen-bond donors (Lipinski definition) is 2. The molecule has 112 valence electrons. The average molecular weight is 284 g/mol. The van der Waals surface area contributed by atoms with Gasteiger partial charge < -0.3 is 20.5 Å². The number of carbonyl (C=O) groups excluding carboxylic acids is 1. The number of halogens is 1. The Bertz CT molecular complexity index is 452. The highest BCUT2D eigenvalue weighted by atomic mass is 19.1. The van der Waals surface area contributed by atoms with E-state index in [4.69, 9.17) is 15.2 Å². The highest BCUT2D eigenvalue weighted by Crippen LogP contribution is 2.16. The summed E-state index contributed by atoms with van der Waals surface area (Å²) in [7, 11) is 0. The summed E-state index contributed by atoms with van der Waals surface area (Å²) >= 11 is 0. The van der Waals surface area contributed by atoms with Crippen LogP contribution in [-0.2, 0) is 14.3 Å². The lowest BCUT2D eigenvalue weighted by molar-refractivity contribution is -0.127. The summed E-state index contributed by atoms with van der Waals surface area (Å²) in [6, 6.07) is 4.01. The van der Waals surface area contributed by atoms with Gasteiger partial charge in [0.25, 0.3) is 5.91 Å². The third-order valence-corrected chi connectivity index (χ3v) is 2.54. The second-order valence-electron chi connectivity index (χ2n) is 4.66. The van der Waals surface area contributed by atoms with E-state index in [1.54, 1.807) is 6.92 Å². The predicted octanol–water partition coefficient (Wildman–Crippen LogP) is 2.18. The molecule has 3 N–H and O–H groups in total. The summed E-state index contributed by atoms with van der Waals surface area (Å²) in [5.74, 6) is -0.835. The van der Waals surface area contributed by atoms with Crippen molar-refractivity contribution in [2.75, 3.05) is 24.3 Å². The van der Waals surface area contributed by atoms with Gasteiger partial charge in [-0.15, -0.1) is 0 Å². The lowest BCUT2D eigenvalue weighted by Gasteiger charge is -2.14. The van der Waals surface area contributed by atoms with Crippen LogP contribution < -0.4 is 11.1 Å². The van der Waals surface area contributed by atoms with Crippen LogP contribution in [0.1, 0.15) is 20.8 Å². The highest BCUT2D eigenvalue weighted by Gasteiger charge is 2.14. The van der Waals surface area contributed by atoms with Crippen LogP contribution in [-0.4, -0.2) is 31.3 Å². The van der Waals surface area contributed by atoms with Crippen LogP contribution in [0.5, 0.6) is 0 Å². The van der Waals surface area contributed by atoms with Crippen LogP contribution in [0.25, 0.3) is 0 Å². The maximum Gasteiger partial charge on any atom is 0.253 e. The molecule has 1 rings (SSSR count). The van der Waals surface area contributed by atoms with Crippen molar-refractivity contribution in [1.29, 1.82) is 0 Å². The largest absolute Gasteiger partial charge is 0.396 e. The van der Waals surface area contributed by atoms with Gasteiger partial charge in [0.2, 0.25) is 0 Å². The van der Waals surface area contributed by atoms with E-state index in [1.165, 1.54) is 18.2 Å². The van der Waals surface area contributed by atoms with Crippen molar-refractivity contribution in [2.45, 2.75) is 33.0 Å². The molecule has 1 amide bonds. The first kappa shape index (κ1) is 16.4. The minimum absolute atomic E-state index is 0.0123. The molecule has 0 aliphatic heterocycles. The van der Waals surface area contributed by atoms with Crippen molar-refractivity contribution < 1.29 is 18.7 Å². The van der Waals surface area contributed by atoms with E-state index in [1.807, 2.05) is 13.8 Å². The van der Waals surface area contributed by atoms with Gasteiger partial charge in [0.05, 0.1) is 25.0 Å². The van der Waals surface area contributed by atoms with E-state index in [2.05, 4.69) is 5.32 Å². The summed E-state index contributed by atoms with van der Waals surface area (Å²) in [4.78, 5) is 11.8. The number of carbonyl (C=O) groups is 1. The van der Waals surface area contributed by atoms with Crippen molar-refractivity contribution in [2.24, 2.45) is 0 Å². The molecular formula is C14H21FN2O3. The zero-order valence-corrected chi connectivity index (χ0v) is 12.0. The van der Waals surface area contributed by atoms with Gasteiger partial charge >= 0.3 is 0 Å². The van der Waals surface area contributed by atoms with Crippen LogP contribution in [0.2, 0.25) is 0 Å². The van der Waals surface area contributed by atoms with Crippen molar-refractivity contribution in [3.8, 4) is 0 Å². The van der Waals surface area contributed by atoms with Crippen LogP contribution in [0.3, 0.4) is 0 Å². The Kier molecular flexibility index (Phi) is 6.41. The summed E-state index contributed by atoms with van der Waals surface area (Å²) in [6.07, 6.45) is -0.498. The molecule has 0 saturated heterocycles. The van der Waals surface area contributed by atoms with Crippen LogP contribution in [0.15, 0.2) is 18.2 Å². The van der Waals surface area contributed by atoms with Gasteiger partial charge in [-0.3, -0.25) is 4.79 Å². The molecule has 0 saturated carbocycles.